The van der Waals surface area contributed by atoms with Gasteiger partial charge in [-0.2, -0.15) is 0 Å². The Bertz CT molecular complexity index is 763. The molecule has 1 saturated heterocycles. The lowest BCUT2D eigenvalue weighted by Crippen LogP contribution is -2.23. The molecule has 0 bridgehead atoms. The molecule has 1 aliphatic heterocycles. The molecule has 24 heavy (non-hydrogen) atoms. The predicted octanol–water partition coefficient (Wildman–Crippen LogP) is 3.62. The smallest absolute Gasteiger partial charge is 0.251 e. The number of carbonyl (C=O) groups excluding carboxylic acids is 1. The van der Waals surface area contributed by atoms with Gasteiger partial charge in [-0.25, -0.2) is 0 Å². The van der Waals surface area contributed by atoms with Gasteiger partial charge in [-0.15, -0.1) is 0 Å². The molecule has 126 valence electrons. The minimum atomic E-state index is -0.423. The summed E-state index contributed by atoms with van der Waals surface area (Å²) in [7, 11) is 0. The SMILES string of the molecule is Cc1cc(C)c(C(N)=O)c(-c2cccc([C@@H](C)N3CCCC3)c2)n1. The molecule has 1 fully saturated rings. The molecule has 1 amide bonds. The van der Waals surface area contributed by atoms with E-state index in [0.717, 1.165) is 29.9 Å². The molecule has 1 aromatic heterocycles. The molecule has 2 N–H and O–H groups in total. The van der Waals surface area contributed by atoms with Crippen LogP contribution in [0.3, 0.4) is 0 Å². The highest BCUT2D eigenvalue weighted by atomic mass is 16.1. The van der Waals surface area contributed by atoms with Crippen LogP contribution in [-0.2, 0) is 0 Å². The Morgan fingerprint density at radius 3 is 2.58 bits per heavy atom. The molecule has 0 radical (unpaired) electrons. The minimum Gasteiger partial charge on any atom is -0.366 e. The van der Waals surface area contributed by atoms with E-state index in [1.165, 1.54) is 18.4 Å². The van der Waals surface area contributed by atoms with Crippen molar-refractivity contribution in [2.75, 3.05) is 13.1 Å². The summed E-state index contributed by atoms with van der Waals surface area (Å²) in [6.45, 7) is 8.40. The number of aryl methyl sites for hydroxylation is 2. The van der Waals surface area contributed by atoms with Crippen molar-refractivity contribution < 1.29 is 4.79 Å². The first-order valence-corrected chi connectivity index (χ1v) is 8.60. The predicted molar refractivity (Wildman–Crippen MR) is 96.9 cm³/mol. The Balaban J connectivity index is 2.04. The molecule has 2 aromatic rings. The van der Waals surface area contributed by atoms with Crippen molar-refractivity contribution >= 4 is 5.91 Å². The van der Waals surface area contributed by atoms with Crippen LogP contribution in [0.25, 0.3) is 11.3 Å². The van der Waals surface area contributed by atoms with Crippen LogP contribution >= 0.6 is 0 Å². The van der Waals surface area contributed by atoms with Gasteiger partial charge in [0.2, 0.25) is 0 Å². The van der Waals surface area contributed by atoms with Gasteiger partial charge in [0, 0.05) is 17.3 Å². The molecule has 1 atom stereocenters. The summed E-state index contributed by atoms with van der Waals surface area (Å²) in [5, 5.41) is 0. The maximum absolute atomic E-state index is 11.9. The van der Waals surface area contributed by atoms with Crippen LogP contribution in [0.15, 0.2) is 30.3 Å². The van der Waals surface area contributed by atoms with Crippen molar-refractivity contribution in [2.45, 2.75) is 39.7 Å². The van der Waals surface area contributed by atoms with E-state index in [9.17, 15) is 4.79 Å². The van der Waals surface area contributed by atoms with E-state index in [1.54, 1.807) is 0 Å². The van der Waals surface area contributed by atoms with Gasteiger partial charge in [-0.1, -0.05) is 18.2 Å². The number of pyridine rings is 1. The fraction of sp³-hybridized carbons (Fsp3) is 0.400. The first-order chi connectivity index (χ1) is 11.5. The number of benzene rings is 1. The number of amides is 1. The van der Waals surface area contributed by atoms with E-state index < -0.39 is 5.91 Å². The summed E-state index contributed by atoms with van der Waals surface area (Å²) < 4.78 is 0. The lowest BCUT2D eigenvalue weighted by atomic mass is 9.97. The third-order valence-electron chi connectivity index (χ3n) is 4.92. The molecule has 0 unspecified atom stereocenters. The number of rotatable bonds is 4. The molecular formula is C20H25N3O. The molecule has 3 rings (SSSR count). The van der Waals surface area contributed by atoms with E-state index in [2.05, 4.69) is 28.9 Å². The lowest BCUT2D eigenvalue weighted by Gasteiger charge is -2.24. The normalized spacial score (nSPS) is 16.3. The van der Waals surface area contributed by atoms with Crippen molar-refractivity contribution in [3.05, 3.63) is 52.7 Å². The van der Waals surface area contributed by atoms with Gasteiger partial charge >= 0.3 is 0 Å². The highest BCUT2D eigenvalue weighted by Crippen LogP contribution is 2.30. The number of nitrogens with two attached hydrogens (primary N) is 1. The average Bonchev–Trinajstić information content (AvgIpc) is 3.07. The monoisotopic (exact) mass is 323 g/mol. The Labute approximate surface area is 143 Å². The molecule has 1 aromatic carbocycles. The van der Waals surface area contributed by atoms with Crippen LogP contribution in [0, 0.1) is 13.8 Å². The second-order valence-corrected chi connectivity index (χ2v) is 6.71. The second-order valence-electron chi connectivity index (χ2n) is 6.71. The van der Waals surface area contributed by atoms with Gasteiger partial charge in [0.05, 0.1) is 11.3 Å². The van der Waals surface area contributed by atoms with Crippen LogP contribution in [-0.4, -0.2) is 28.9 Å². The van der Waals surface area contributed by atoms with Gasteiger partial charge in [0.15, 0.2) is 0 Å². The maximum atomic E-state index is 11.9. The zero-order chi connectivity index (χ0) is 17.3. The van der Waals surface area contributed by atoms with Crippen molar-refractivity contribution in [3.63, 3.8) is 0 Å². The standard InChI is InChI=1S/C20H25N3O/c1-13-11-14(2)22-19(18(13)20(21)24)17-8-6-7-16(12-17)15(3)23-9-4-5-10-23/h6-8,11-12,15H,4-5,9-10H2,1-3H3,(H2,21,24)/t15-/m1/s1. The fourth-order valence-electron chi connectivity index (χ4n) is 3.64. The number of carbonyl (C=O) groups is 1. The number of likely N-dealkylation sites (tertiary alicyclic amines) is 1. The van der Waals surface area contributed by atoms with Crippen LogP contribution in [0.1, 0.15) is 53.0 Å². The number of hydrogen-bond acceptors (Lipinski definition) is 3. The molecule has 1 aliphatic rings. The number of hydrogen-bond donors (Lipinski definition) is 1. The Morgan fingerprint density at radius 2 is 1.92 bits per heavy atom. The number of aromatic nitrogens is 1. The number of primary amides is 1. The summed E-state index contributed by atoms with van der Waals surface area (Å²) >= 11 is 0. The molecule has 0 aliphatic carbocycles. The molecule has 0 spiro atoms. The van der Waals surface area contributed by atoms with E-state index in [1.807, 2.05) is 32.0 Å². The molecule has 4 heteroatoms. The van der Waals surface area contributed by atoms with E-state index in [-0.39, 0.29) is 0 Å². The number of nitrogens with zero attached hydrogens (tertiary/aromatic N) is 2. The van der Waals surface area contributed by atoms with Crippen LogP contribution in [0.5, 0.6) is 0 Å². The van der Waals surface area contributed by atoms with E-state index >= 15 is 0 Å². The first-order valence-electron chi connectivity index (χ1n) is 8.60. The third-order valence-corrected chi connectivity index (χ3v) is 4.92. The topological polar surface area (TPSA) is 59.2 Å². The first kappa shape index (κ1) is 16.7. The molecular weight excluding hydrogens is 298 g/mol. The summed E-state index contributed by atoms with van der Waals surface area (Å²) in [4.78, 5) is 19.0. The van der Waals surface area contributed by atoms with Gasteiger partial charge in [-0.3, -0.25) is 14.7 Å². The van der Waals surface area contributed by atoms with E-state index in [0.29, 0.717) is 17.3 Å². The lowest BCUT2D eigenvalue weighted by molar-refractivity contribution is 0.1000. The molecule has 4 nitrogen and oxygen atoms in total. The third kappa shape index (κ3) is 3.20. The Hall–Kier alpha value is -2.20. The highest BCUT2D eigenvalue weighted by Gasteiger charge is 2.21. The van der Waals surface area contributed by atoms with E-state index in [4.69, 9.17) is 5.73 Å². The summed E-state index contributed by atoms with van der Waals surface area (Å²) in [5.41, 5.74) is 10.8. The van der Waals surface area contributed by atoms with Crippen LogP contribution in [0.4, 0.5) is 0 Å². The Morgan fingerprint density at radius 1 is 1.21 bits per heavy atom. The second kappa shape index (κ2) is 6.73. The zero-order valence-corrected chi connectivity index (χ0v) is 14.7. The summed E-state index contributed by atoms with van der Waals surface area (Å²) in [5.74, 6) is -0.423. The minimum absolute atomic E-state index is 0.371. The van der Waals surface area contributed by atoms with Crippen molar-refractivity contribution in [1.29, 1.82) is 0 Å². The zero-order valence-electron chi connectivity index (χ0n) is 14.7. The molecule has 0 saturated carbocycles. The van der Waals surface area contributed by atoms with Crippen LogP contribution < -0.4 is 5.73 Å². The van der Waals surface area contributed by atoms with Crippen LogP contribution in [0.2, 0.25) is 0 Å². The quantitative estimate of drug-likeness (QED) is 0.935. The fourth-order valence-corrected chi connectivity index (χ4v) is 3.64. The van der Waals surface area contributed by atoms with Gasteiger partial charge in [0.1, 0.15) is 0 Å². The summed E-state index contributed by atoms with van der Waals surface area (Å²) in [6.07, 6.45) is 2.54. The van der Waals surface area contributed by atoms with Crippen molar-refractivity contribution in [3.8, 4) is 11.3 Å². The Kier molecular flexibility index (Phi) is 4.67. The maximum Gasteiger partial charge on any atom is 0.251 e. The highest BCUT2D eigenvalue weighted by molar-refractivity contribution is 6.00. The van der Waals surface area contributed by atoms with Gasteiger partial charge in [-0.05, 0) is 70.0 Å². The summed E-state index contributed by atoms with van der Waals surface area (Å²) in [6, 6.07) is 10.6. The average molecular weight is 323 g/mol. The molecule has 2 heterocycles. The van der Waals surface area contributed by atoms with Crippen molar-refractivity contribution in [2.24, 2.45) is 5.73 Å². The van der Waals surface area contributed by atoms with Gasteiger partial charge in [0.25, 0.3) is 5.91 Å². The largest absolute Gasteiger partial charge is 0.366 e. The van der Waals surface area contributed by atoms with Crippen molar-refractivity contribution in [1.82, 2.24) is 9.88 Å². The van der Waals surface area contributed by atoms with Gasteiger partial charge < -0.3 is 5.73 Å².